The Bertz CT molecular complexity index is 620. The van der Waals surface area contributed by atoms with Crippen LogP contribution < -0.4 is 4.74 Å². The van der Waals surface area contributed by atoms with Crippen LogP contribution in [0.3, 0.4) is 0 Å². The molecule has 5 heteroatoms. The van der Waals surface area contributed by atoms with Gasteiger partial charge in [-0.15, -0.1) is 11.6 Å². The number of fused-ring (bicyclic) bond motifs is 1. The van der Waals surface area contributed by atoms with Crippen molar-refractivity contribution in [2.24, 2.45) is 5.92 Å². The normalized spacial score (nSPS) is 16.3. The van der Waals surface area contributed by atoms with E-state index in [0.29, 0.717) is 6.61 Å². The first kappa shape index (κ1) is 14.7. The Hall–Kier alpha value is -1.26. The molecule has 1 aromatic heterocycles. The number of rotatable bonds is 7. The average Bonchev–Trinajstić information content (AvgIpc) is 3.23. The summed E-state index contributed by atoms with van der Waals surface area (Å²) in [5, 5.41) is -0.133. The van der Waals surface area contributed by atoms with Crippen LogP contribution in [-0.2, 0) is 11.3 Å². The summed E-state index contributed by atoms with van der Waals surface area (Å²) in [6.45, 7) is 4.28. The lowest BCUT2D eigenvalue weighted by atomic mass is 10.3. The highest BCUT2D eigenvalue weighted by Gasteiger charge is 2.21. The Kier molecular flexibility index (Phi) is 4.36. The third-order valence-electron chi connectivity index (χ3n) is 3.85. The van der Waals surface area contributed by atoms with Crippen LogP contribution in [0.4, 0.5) is 0 Å². The van der Waals surface area contributed by atoms with E-state index in [2.05, 4.69) is 9.55 Å². The first-order chi connectivity index (χ1) is 10.2. The topological polar surface area (TPSA) is 36.3 Å². The molecule has 0 bridgehead atoms. The van der Waals surface area contributed by atoms with Crippen molar-refractivity contribution in [3.8, 4) is 5.75 Å². The minimum Gasteiger partial charge on any atom is -0.497 e. The first-order valence-electron chi connectivity index (χ1n) is 7.45. The molecule has 4 nitrogen and oxygen atoms in total. The quantitative estimate of drug-likeness (QED) is 0.577. The Labute approximate surface area is 130 Å². The lowest BCUT2D eigenvalue weighted by Gasteiger charge is -2.11. The van der Waals surface area contributed by atoms with Gasteiger partial charge in [-0.05, 0) is 37.8 Å². The van der Waals surface area contributed by atoms with Gasteiger partial charge in [-0.1, -0.05) is 0 Å². The van der Waals surface area contributed by atoms with Gasteiger partial charge < -0.3 is 14.0 Å². The van der Waals surface area contributed by atoms with Gasteiger partial charge in [0.15, 0.2) is 0 Å². The van der Waals surface area contributed by atoms with Crippen LogP contribution in [0.5, 0.6) is 5.75 Å². The van der Waals surface area contributed by atoms with Gasteiger partial charge in [0.05, 0.1) is 30.1 Å². The fraction of sp³-hybridized carbons (Fsp3) is 0.562. The predicted octanol–water partition coefficient (Wildman–Crippen LogP) is 3.77. The van der Waals surface area contributed by atoms with Crippen LogP contribution in [0.15, 0.2) is 18.2 Å². The van der Waals surface area contributed by atoms with Crippen molar-refractivity contribution in [1.82, 2.24) is 9.55 Å². The number of nitrogens with zero attached hydrogens (tertiary/aromatic N) is 2. The van der Waals surface area contributed by atoms with E-state index in [1.165, 1.54) is 12.8 Å². The lowest BCUT2D eigenvalue weighted by Crippen LogP contribution is -2.11. The maximum Gasteiger partial charge on any atom is 0.127 e. The molecular formula is C16H21ClN2O2. The van der Waals surface area contributed by atoms with Crippen LogP contribution in [0.25, 0.3) is 11.0 Å². The highest BCUT2D eigenvalue weighted by Crippen LogP contribution is 2.29. The number of hydrogen-bond acceptors (Lipinski definition) is 3. The van der Waals surface area contributed by atoms with E-state index in [4.69, 9.17) is 21.1 Å². The molecule has 2 aromatic rings. The van der Waals surface area contributed by atoms with Crippen molar-refractivity contribution < 1.29 is 9.47 Å². The Morgan fingerprint density at radius 2 is 2.24 bits per heavy atom. The highest BCUT2D eigenvalue weighted by molar-refractivity contribution is 6.20. The number of methoxy groups -OCH3 is 1. The number of alkyl halides is 1. The number of hydrogen-bond donors (Lipinski definition) is 0. The van der Waals surface area contributed by atoms with Crippen LogP contribution in [0.2, 0.25) is 0 Å². The number of imidazole rings is 1. The largest absolute Gasteiger partial charge is 0.497 e. The van der Waals surface area contributed by atoms with E-state index in [1.807, 2.05) is 25.1 Å². The molecule has 3 rings (SSSR count). The van der Waals surface area contributed by atoms with Crippen molar-refractivity contribution in [2.75, 3.05) is 20.3 Å². The zero-order chi connectivity index (χ0) is 14.8. The summed E-state index contributed by atoms with van der Waals surface area (Å²) in [6.07, 6.45) is 2.63. The van der Waals surface area contributed by atoms with Crippen molar-refractivity contribution in [3.05, 3.63) is 24.0 Å². The highest BCUT2D eigenvalue weighted by atomic mass is 35.5. The fourth-order valence-corrected chi connectivity index (χ4v) is 2.64. The molecule has 1 atom stereocenters. The third kappa shape index (κ3) is 3.33. The Morgan fingerprint density at radius 3 is 2.90 bits per heavy atom. The van der Waals surface area contributed by atoms with E-state index in [-0.39, 0.29) is 5.38 Å². The van der Waals surface area contributed by atoms with E-state index in [0.717, 1.165) is 41.7 Å². The molecule has 1 aliphatic carbocycles. The van der Waals surface area contributed by atoms with Crippen molar-refractivity contribution in [3.63, 3.8) is 0 Å². The molecule has 0 N–H and O–H groups in total. The molecule has 1 aliphatic rings. The van der Waals surface area contributed by atoms with Crippen LogP contribution in [0, 0.1) is 5.92 Å². The summed E-state index contributed by atoms with van der Waals surface area (Å²) >= 11 is 6.27. The molecule has 0 saturated heterocycles. The van der Waals surface area contributed by atoms with Crippen molar-refractivity contribution in [1.29, 1.82) is 0 Å². The van der Waals surface area contributed by atoms with E-state index >= 15 is 0 Å². The number of aromatic nitrogens is 2. The van der Waals surface area contributed by atoms with Crippen molar-refractivity contribution in [2.45, 2.75) is 31.7 Å². The fourth-order valence-electron chi connectivity index (χ4n) is 2.48. The van der Waals surface area contributed by atoms with Crippen molar-refractivity contribution >= 4 is 22.6 Å². The molecule has 114 valence electrons. The van der Waals surface area contributed by atoms with Gasteiger partial charge in [-0.3, -0.25) is 0 Å². The molecule has 1 unspecified atom stereocenters. The monoisotopic (exact) mass is 308 g/mol. The molecule has 0 spiro atoms. The molecular weight excluding hydrogens is 288 g/mol. The van der Waals surface area contributed by atoms with Crippen LogP contribution in [0.1, 0.15) is 31.0 Å². The summed E-state index contributed by atoms with van der Waals surface area (Å²) in [5.41, 5.74) is 1.99. The summed E-state index contributed by atoms with van der Waals surface area (Å²) in [6, 6.07) is 5.90. The molecule has 0 radical (unpaired) electrons. The Balaban J connectivity index is 1.82. The summed E-state index contributed by atoms with van der Waals surface area (Å²) in [7, 11) is 1.67. The maximum absolute atomic E-state index is 6.27. The molecule has 1 aromatic carbocycles. The Morgan fingerprint density at radius 1 is 1.43 bits per heavy atom. The summed E-state index contributed by atoms with van der Waals surface area (Å²) in [5.74, 6) is 2.50. The molecule has 1 heterocycles. The standard InChI is InChI=1S/C16H21ClN2O2/c1-11(17)16-18-14-6-5-13(20-2)9-15(14)19(16)7-8-21-10-12-3-4-12/h5-6,9,11-12H,3-4,7-8,10H2,1-2H3. The smallest absolute Gasteiger partial charge is 0.127 e. The second-order valence-corrected chi connectivity index (χ2v) is 6.27. The third-order valence-corrected chi connectivity index (χ3v) is 4.05. The van der Waals surface area contributed by atoms with E-state index in [1.54, 1.807) is 7.11 Å². The SMILES string of the molecule is COc1ccc2nc(C(C)Cl)n(CCOCC3CC3)c2c1. The minimum absolute atomic E-state index is 0.133. The average molecular weight is 309 g/mol. The molecule has 1 saturated carbocycles. The van der Waals surface area contributed by atoms with Gasteiger partial charge in [0.2, 0.25) is 0 Å². The maximum atomic E-state index is 6.27. The van der Waals surface area contributed by atoms with Gasteiger partial charge in [0, 0.05) is 19.2 Å². The number of halogens is 1. The lowest BCUT2D eigenvalue weighted by molar-refractivity contribution is 0.117. The molecule has 0 aliphatic heterocycles. The zero-order valence-electron chi connectivity index (χ0n) is 12.5. The van der Waals surface area contributed by atoms with Gasteiger partial charge in [-0.25, -0.2) is 4.98 Å². The number of ether oxygens (including phenoxy) is 2. The zero-order valence-corrected chi connectivity index (χ0v) is 13.3. The molecule has 0 amide bonds. The predicted molar refractivity (Wildman–Crippen MR) is 84.1 cm³/mol. The van der Waals surface area contributed by atoms with Crippen LogP contribution >= 0.6 is 11.6 Å². The molecule has 1 fully saturated rings. The second kappa shape index (κ2) is 6.24. The van der Waals surface area contributed by atoms with Gasteiger partial charge in [-0.2, -0.15) is 0 Å². The second-order valence-electron chi connectivity index (χ2n) is 5.61. The summed E-state index contributed by atoms with van der Waals surface area (Å²) in [4.78, 5) is 4.63. The molecule has 21 heavy (non-hydrogen) atoms. The van der Waals surface area contributed by atoms with Gasteiger partial charge in [0.1, 0.15) is 11.6 Å². The van der Waals surface area contributed by atoms with E-state index < -0.39 is 0 Å². The van der Waals surface area contributed by atoms with E-state index in [9.17, 15) is 0 Å². The van der Waals surface area contributed by atoms with Gasteiger partial charge >= 0.3 is 0 Å². The minimum atomic E-state index is -0.133. The van der Waals surface area contributed by atoms with Crippen LogP contribution in [-0.4, -0.2) is 29.9 Å². The number of benzene rings is 1. The summed E-state index contributed by atoms with van der Waals surface area (Å²) < 4.78 is 13.2. The van der Waals surface area contributed by atoms with Gasteiger partial charge in [0.25, 0.3) is 0 Å². The first-order valence-corrected chi connectivity index (χ1v) is 7.88.